The molecule has 2 heteroatoms. The van der Waals surface area contributed by atoms with E-state index in [9.17, 15) is 10.2 Å². The molecule has 0 amide bonds. The maximum Gasteiger partial charge on any atom is 0.0540 e. The first kappa shape index (κ1) is 20.9. The normalized spacial score (nSPS) is 14.3. The van der Waals surface area contributed by atoms with Crippen LogP contribution in [0.5, 0.6) is 0 Å². The van der Waals surface area contributed by atoms with E-state index in [2.05, 4.69) is 13.8 Å². The Morgan fingerprint density at radius 1 is 0.476 bits per heavy atom. The lowest BCUT2D eigenvalue weighted by Gasteiger charge is -2.09. The first-order chi connectivity index (χ1) is 10.2. The van der Waals surface area contributed by atoms with Gasteiger partial charge >= 0.3 is 0 Å². The SMILES string of the molecule is CCCCC(O)CCCCCCCCCCC(O)CCC. The van der Waals surface area contributed by atoms with Gasteiger partial charge in [-0.15, -0.1) is 0 Å². The van der Waals surface area contributed by atoms with Gasteiger partial charge < -0.3 is 10.2 Å². The average Bonchev–Trinajstić information content (AvgIpc) is 2.47. The molecule has 0 aromatic heterocycles. The van der Waals surface area contributed by atoms with E-state index in [1.165, 1.54) is 57.8 Å². The van der Waals surface area contributed by atoms with Crippen molar-refractivity contribution >= 4 is 0 Å². The number of aliphatic hydroxyl groups excluding tert-OH is 2. The van der Waals surface area contributed by atoms with Crippen LogP contribution in [0.2, 0.25) is 0 Å². The molecule has 21 heavy (non-hydrogen) atoms. The third kappa shape index (κ3) is 16.1. The topological polar surface area (TPSA) is 40.5 Å². The highest BCUT2D eigenvalue weighted by molar-refractivity contribution is 4.57. The number of rotatable bonds is 16. The Labute approximate surface area is 133 Å². The molecule has 2 atom stereocenters. The predicted molar refractivity (Wildman–Crippen MR) is 92.6 cm³/mol. The van der Waals surface area contributed by atoms with Crippen LogP contribution in [0.3, 0.4) is 0 Å². The van der Waals surface area contributed by atoms with Crippen LogP contribution < -0.4 is 0 Å². The van der Waals surface area contributed by atoms with Crippen molar-refractivity contribution in [1.29, 1.82) is 0 Å². The van der Waals surface area contributed by atoms with Crippen LogP contribution in [0.4, 0.5) is 0 Å². The molecule has 0 aromatic carbocycles. The predicted octanol–water partition coefficient (Wildman–Crippen LogP) is 5.60. The minimum Gasteiger partial charge on any atom is -0.393 e. The summed E-state index contributed by atoms with van der Waals surface area (Å²) in [6.07, 6.45) is 17.5. The van der Waals surface area contributed by atoms with Gasteiger partial charge in [-0.2, -0.15) is 0 Å². The van der Waals surface area contributed by atoms with Crippen LogP contribution >= 0.6 is 0 Å². The van der Waals surface area contributed by atoms with Crippen molar-refractivity contribution in [2.75, 3.05) is 0 Å². The Balaban J connectivity index is 3.12. The van der Waals surface area contributed by atoms with Crippen LogP contribution in [0.1, 0.15) is 110 Å². The Morgan fingerprint density at radius 2 is 0.857 bits per heavy atom. The fourth-order valence-electron chi connectivity index (χ4n) is 2.88. The van der Waals surface area contributed by atoms with Gasteiger partial charge in [-0.3, -0.25) is 0 Å². The van der Waals surface area contributed by atoms with Crippen molar-refractivity contribution < 1.29 is 10.2 Å². The van der Waals surface area contributed by atoms with Crippen molar-refractivity contribution in [2.24, 2.45) is 0 Å². The van der Waals surface area contributed by atoms with Crippen LogP contribution in [0.15, 0.2) is 0 Å². The summed E-state index contributed by atoms with van der Waals surface area (Å²) in [6, 6.07) is 0. The molecule has 0 radical (unpaired) electrons. The summed E-state index contributed by atoms with van der Waals surface area (Å²) < 4.78 is 0. The molecule has 0 aliphatic rings. The molecule has 0 saturated carbocycles. The van der Waals surface area contributed by atoms with E-state index in [1.54, 1.807) is 0 Å². The van der Waals surface area contributed by atoms with Crippen molar-refractivity contribution in [3.05, 3.63) is 0 Å². The number of hydrogen-bond donors (Lipinski definition) is 2. The Kier molecular flexibility index (Phi) is 16.2. The number of hydrogen-bond acceptors (Lipinski definition) is 2. The summed E-state index contributed by atoms with van der Waals surface area (Å²) in [5, 5.41) is 19.4. The van der Waals surface area contributed by atoms with Gasteiger partial charge in [0.2, 0.25) is 0 Å². The molecule has 2 N–H and O–H groups in total. The van der Waals surface area contributed by atoms with Crippen LogP contribution in [0, 0.1) is 0 Å². The van der Waals surface area contributed by atoms with E-state index >= 15 is 0 Å². The molecule has 0 bridgehead atoms. The largest absolute Gasteiger partial charge is 0.393 e. The second kappa shape index (κ2) is 16.3. The van der Waals surface area contributed by atoms with Crippen molar-refractivity contribution in [3.8, 4) is 0 Å². The molecular formula is C19H40O2. The molecule has 0 aliphatic carbocycles. The summed E-state index contributed by atoms with van der Waals surface area (Å²) in [5.74, 6) is 0. The van der Waals surface area contributed by atoms with Crippen LogP contribution in [0.25, 0.3) is 0 Å². The fourth-order valence-corrected chi connectivity index (χ4v) is 2.88. The van der Waals surface area contributed by atoms with Gasteiger partial charge in [-0.1, -0.05) is 84.5 Å². The molecule has 0 spiro atoms. The second-order valence-corrected chi connectivity index (χ2v) is 6.64. The number of unbranched alkanes of at least 4 members (excludes halogenated alkanes) is 8. The van der Waals surface area contributed by atoms with E-state index < -0.39 is 0 Å². The van der Waals surface area contributed by atoms with Crippen molar-refractivity contribution in [2.45, 2.75) is 122 Å². The summed E-state index contributed by atoms with van der Waals surface area (Å²) in [4.78, 5) is 0. The Morgan fingerprint density at radius 3 is 1.29 bits per heavy atom. The van der Waals surface area contributed by atoms with Gasteiger partial charge in [0.1, 0.15) is 0 Å². The van der Waals surface area contributed by atoms with Gasteiger partial charge in [-0.25, -0.2) is 0 Å². The van der Waals surface area contributed by atoms with Gasteiger partial charge in [0.05, 0.1) is 12.2 Å². The zero-order valence-corrected chi connectivity index (χ0v) is 14.7. The first-order valence-electron chi connectivity index (χ1n) is 9.56. The minimum atomic E-state index is -0.0610. The lowest BCUT2D eigenvalue weighted by molar-refractivity contribution is 0.147. The highest BCUT2D eigenvalue weighted by Crippen LogP contribution is 2.14. The summed E-state index contributed by atoms with van der Waals surface area (Å²) >= 11 is 0. The van der Waals surface area contributed by atoms with Crippen LogP contribution in [-0.4, -0.2) is 22.4 Å². The quantitative estimate of drug-likeness (QED) is 0.364. The van der Waals surface area contributed by atoms with E-state index in [-0.39, 0.29) is 12.2 Å². The lowest BCUT2D eigenvalue weighted by Crippen LogP contribution is -2.05. The summed E-state index contributed by atoms with van der Waals surface area (Å²) in [6.45, 7) is 4.31. The van der Waals surface area contributed by atoms with E-state index in [0.29, 0.717) is 0 Å². The third-order valence-electron chi connectivity index (χ3n) is 4.34. The molecule has 0 saturated heterocycles. The van der Waals surface area contributed by atoms with Gasteiger partial charge in [0.15, 0.2) is 0 Å². The molecule has 0 fully saturated rings. The Bertz CT molecular complexity index is 194. The van der Waals surface area contributed by atoms with Crippen LogP contribution in [-0.2, 0) is 0 Å². The van der Waals surface area contributed by atoms with E-state index in [4.69, 9.17) is 0 Å². The second-order valence-electron chi connectivity index (χ2n) is 6.64. The minimum absolute atomic E-state index is 0.0560. The summed E-state index contributed by atoms with van der Waals surface area (Å²) in [5.41, 5.74) is 0. The highest BCUT2D eigenvalue weighted by atomic mass is 16.3. The molecule has 0 heterocycles. The van der Waals surface area contributed by atoms with Gasteiger partial charge in [0.25, 0.3) is 0 Å². The zero-order valence-electron chi connectivity index (χ0n) is 14.7. The van der Waals surface area contributed by atoms with Gasteiger partial charge in [0, 0.05) is 0 Å². The van der Waals surface area contributed by atoms with Gasteiger partial charge in [-0.05, 0) is 25.7 Å². The summed E-state index contributed by atoms with van der Waals surface area (Å²) in [7, 11) is 0. The Hall–Kier alpha value is -0.0800. The fraction of sp³-hybridized carbons (Fsp3) is 1.00. The lowest BCUT2D eigenvalue weighted by atomic mass is 10.0. The molecule has 0 aromatic rings. The molecule has 128 valence electrons. The molecular weight excluding hydrogens is 260 g/mol. The highest BCUT2D eigenvalue weighted by Gasteiger charge is 2.03. The third-order valence-corrected chi connectivity index (χ3v) is 4.34. The molecule has 2 unspecified atom stereocenters. The van der Waals surface area contributed by atoms with E-state index in [1.807, 2.05) is 0 Å². The maximum atomic E-state index is 9.74. The zero-order chi connectivity index (χ0) is 15.8. The monoisotopic (exact) mass is 300 g/mol. The molecule has 2 nitrogen and oxygen atoms in total. The van der Waals surface area contributed by atoms with Crippen molar-refractivity contribution in [1.82, 2.24) is 0 Å². The molecule has 0 rings (SSSR count). The number of aliphatic hydroxyl groups is 2. The smallest absolute Gasteiger partial charge is 0.0540 e. The standard InChI is InChI=1S/C19H40O2/c1-3-5-15-19(21)17-13-11-9-7-6-8-10-12-16-18(20)14-4-2/h18-21H,3-17H2,1-2H3. The molecule has 0 aliphatic heterocycles. The van der Waals surface area contributed by atoms with E-state index in [0.717, 1.165) is 38.5 Å². The first-order valence-corrected chi connectivity index (χ1v) is 9.56. The van der Waals surface area contributed by atoms with Crippen molar-refractivity contribution in [3.63, 3.8) is 0 Å². The average molecular weight is 301 g/mol. The maximum absolute atomic E-state index is 9.74.